The zero-order valence-corrected chi connectivity index (χ0v) is 11.7. The van der Waals surface area contributed by atoms with Crippen molar-refractivity contribution in [2.45, 2.75) is 26.4 Å². The number of hydrogen-bond donors (Lipinski definition) is 0. The maximum Gasteiger partial charge on any atom is 0.328 e. The number of halogens is 1. The van der Waals surface area contributed by atoms with Crippen molar-refractivity contribution in [3.8, 4) is 0 Å². The van der Waals surface area contributed by atoms with Gasteiger partial charge in [0, 0.05) is 30.0 Å². The Labute approximate surface area is 120 Å². The number of nitro benzene ring substituents is 1. The summed E-state index contributed by atoms with van der Waals surface area (Å²) in [7, 11) is 0. The molecule has 2 rings (SSSR count). The molecule has 2 aromatic rings. The van der Waals surface area contributed by atoms with Gasteiger partial charge < -0.3 is 0 Å². The third kappa shape index (κ3) is 2.91. The second-order valence-electron chi connectivity index (χ2n) is 4.43. The lowest BCUT2D eigenvalue weighted by atomic mass is 10.2. The third-order valence-corrected chi connectivity index (χ3v) is 3.20. The minimum absolute atomic E-state index is 0.0375. The van der Waals surface area contributed by atoms with Gasteiger partial charge in [0.2, 0.25) is 0 Å². The Morgan fingerprint density at radius 2 is 2.00 bits per heavy atom. The molecule has 0 aliphatic rings. The van der Waals surface area contributed by atoms with Gasteiger partial charge in [0.15, 0.2) is 0 Å². The fraction of sp³-hybridized carbons (Fsp3) is 0.308. The number of nitrogens with zero attached hydrogens (tertiary/aromatic N) is 3. The van der Waals surface area contributed by atoms with E-state index in [1.165, 1.54) is 22.8 Å². The average Bonchev–Trinajstić information content (AvgIpc) is 2.72. The van der Waals surface area contributed by atoms with Crippen molar-refractivity contribution < 1.29 is 4.92 Å². The molecule has 1 aromatic carbocycles. The van der Waals surface area contributed by atoms with Crippen molar-refractivity contribution in [1.29, 1.82) is 0 Å². The van der Waals surface area contributed by atoms with Crippen LogP contribution < -0.4 is 5.69 Å². The molecule has 0 saturated carbocycles. The molecule has 0 saturated heterocycles. The monoisotopic (exact) mass is 295 g/mol. The lowest BCUT2D eigenvalue weighted by Gasteiger charge is -2.04. The summed E-state index contributed by atoms with van der Waals surface area (Å²) in [4.78, 5) is 22.6. The zero-order chi connectivity index (χ0) is 14.7. The van der Waals surface area contributed by atoms with Crippen molar-refractivity contribution in [1.82, 2.24) is 9.13 Å². The lowest BCUT2D eigenvalue weighted by molar-refractivity contribution is -0.385. The first-order chi connectivity index (χ1) is 9.52. The quantitative estimate of drug-likeness (QED) is 0.629. The molecular weight excluding hydrogens is 282 g/mol. The number of aromatic nitrogens is 2. The van der Waals surface area contributed by atoms with Gasteiger partial charge in [-0.2, -0.15) is 0 Å². The Hall–Kier alpha value is -2.08. The Balaban J connectivity index is 2.37. The van der Waals surface area contributed by atoms with Crippen LogP contribution in [0.4, 0.5) is 5.69 Å². The van der Waals surface area contributed by atoms with E-state index in [4.69, 9.17) is 11.6 Å². The van der Waals surface area contributed by atoms with Gasteiger partial charge in [-0.05, 0) is 18.6 Å². The smallest absolute Gasteiger partial charge is 0.299 e. The van der Waals surface area contributed by atoms with Crippen LogP contribution in [0, 0.1) is 10.1 Å². The largest absolute Gasteiger partial charge is 0.328 e. The van der Waals surface area contributed by atoms with E-state index in [0.29, 0.717) is 17.1 Å². The summed E-state index contributed by atoms with van der Waals surface area (Å²) in [6.07, 6.45) is 4.16. The summed E-state index contributed by atoms with van der Waals surface area (Å²) in [6.45, 7) is 2.74. The van der Waals surface area contributed by atoms with E-state index in [1.807, 2.05) is 6.92 Å². The molecule has 0 N–H and O–H groups in total. The second-order valence-corrected chi connectivity index (χ2v) is 4.87. The Bertz CT molecular complexity index is 690. The first-order valence-electron chi connectivity index (χ1n) is 6.21. The van der Waals surface area contributed by atoms with Crippen LogP contribution in [0.5, 0.6) is 0 Å². The van der Waals surface area contributed by atoms with E-state index < -0.39 is 4.92 Å². The summed E-state index contributed by atoms with van der Waals surface area (Å²) in [5, 5.41) is 11.4. The van der Waals surface area contributed by atoms with Gasteiger partial charge in [-0.25, -0.2) is 4.79 Å². The Morgan fingerprint density at radius 1 is 1.30 bits per heavy atom. The molecule has 0 aliphatic heterocycles. The number of hydrogen-bond acceptors (Lipinski definition) is 3. The molecule has 0 radical (unpaired) electrons. The molecule has 0 unspecified atom stereocenters. The van der Waals surface area contributed by atoms with Crippen LogP contribution in [0.15, 0.2) is 35.4 Å². The predicted molar refractivity (Wildman–Crippen MR) is 76.2 cm³/mol. The summed E-state index contributed by atoms with van der Waals surface area (Å²) in [5.74, 6) is 0. The summed E-state index contributed by atoms with van der Waals surface area (Å²) in [5.41, 5.74) is 0.199. The Morgan fingerprint density at radius 3 is 2.65 bits per heavy atom. The normalized spacial score (nSPS) is 10.7. The van der Waals surface area contributed by atoms with Gasteiger partial charge >= 0.3 is 5.69 Å². The maximum absolute atomic E-state index is 12.1. The lowest BCUT2D eigenvalue weighted by Crippen LogP contribution is -2.24. The van der Waals surface area contributed by atoms with Gasteiger partial charge in [-0.15, -0.1) is 0 Å². The van der Waals surface area contributed by atoms with E-state index in [9.17, 15) is 14.9 Å². The van der Waals surface area contributed by atoms with Crippen molar-refractivity contribution in [2.75, 3.05) is 0 Å². The molecular formula is C13H14ClN3O3. The zero-order valence-electron chi connectivity index (χ0n) is 11.0. The molecule has 0 bridgehead atoms. The highest BCUT2D eigenvalue weighted by molar-refractivity contribution is 6.30. The summed E-state index contributed by atoms with van der Waals surface area (Å²) in [6, 6.07) is 4.34. The number of rotatable bonds is 5. The molecule has 0 atom stereocenters. The van der Waals surface area contributed by atoms with Crippen molar-refractivity contribution in [2.24, 2.45) is 0 Å². The van der Waals surface area contributed by atoms with E-state index >= 15 is 0 Å². The summed E-state index contributed by atoms with van der Waals surface area (Å²) < 4.78 is 3.02. The molecule has 7 heteroatoms. The topological polar surface area (TPSA) is 70.1 Å². The second kappa shape index (κ2) is 5.92. The van der Waals surface area contributed by atoms with Gasteiger partial charge in [-0.1, -0.05) is 18.5 Å². The number of aryl methyl sites for hydroxylation is 1. The Kier molecular flexibility index (Phi) is 4.24. The highest BCUT2D eigenvalue weighted by Gasteiger charge is 2.15. The summed E-state index contributed by atoms with van der Waals surface area (Å²) >= 11 is 5.87. The fourth-order valence-corrected chi connectivity index (χ4v) is 2.22. The molecule has 0 spiro atoms. The SMILES string of the molecule is CCCn1ccn(Cc2cc(Cl)ccc2[N+](=O)[O-])c1=O. The van der Waals surface area contributed by atoms with Crippen molar-refractivity contribution >= 4 is 17.3 Å². The molecule has 1 aromatic heterocycles. The van der Waals surface area contributed by atoms with Crippen LogP contribution in [-0.4, -0.2) is 14.1 Å². The van der Waals surface area contributed by atoms with E-state index in [0.717, 1.165) is 6.42 Å². The van der Waals surface area contributed by atoms with Crippen LogP contribution in [0.3, 0.4) is 0 Å². The van der Waals surface area contributed by atoms with Crippen LogP contribution in [0.1, 0.15) is 18.9 Å². The van der Waals surface area contributed by atoms with E-state index in [2.05, 4.69) is 0 Å². The minimum atomic E-state index is -0.472. The molecule has 0 amide bonds. The highest BCUT2D eigenvalue weighted by atomic mass is 35.5. The van der Waals surface area contributed by atoms with Crippen LogP contribution in [0.2, 0.25) is 5.02 Å². The first kappa shape index (κ1) is 14.3. The highest BCUT2D eigenvalue weighted by Crippen LogP contribution is 2.23. The standard InChI is InChI=1S/C13H14ClN3O3/c1-2-5-15-6-7-16(13(15)18)9-10-8-11(14)3-4-12(10)17(19)20/h3-4,6-8H,2,5,9H2,1H3. The third-order valence-electron chi connectivity index (χ3n) is 2.96. The van der Waals surface area contributed by atoms with Crippen LogP contribution >= 0.6 is 11.6 Å². The van der Waals surface area contributed by atoms with Crippen LogP contribution in [0.25, 0.3) is 0 Å². The van der Waals surface area contributed by atoms with Gasteiger partial charge in [-0.3, -0.25) is 19.2 Å². The molecule has 0 aliphatic carbocycles. The number of imidazole rings is 1. The van der Waals surface area contributed by atoms with Gasteiger partial charge in [0.25, 0.3) is 5.69 Å². The van der Waals surface area contributed by atoms with Crippen molar-refractivity contribution in [3.63, 3.8) is 0 Å². The molecule has 106 valence electrons. The predicted octanol–water partition coefficient (Wildman–Crippen LogP) is 2.67. The number of nitro groups is 1. The molecule has 1 heterocycles. The van der Waals surface area contributed by atoms with Crippen LogP contribution in [-0.2, 0) is 13.1 Å². The van der Waals surface area contributed by atoms with Crippen molar-refractivity contribution in [3.05, 3.63) is 61.8 Å². The molecule has 6 nitrogen and oxygen atoms in total. The van der Waals surface area contributed by atoms with Gasteiger partial charge in [0.05, 0.1) is 17.0 Å². The minimum Gasteiger partial charge on any atom is -0.299 e. The average molecular weight is 296 g/mol. The maximum atomic E-state index is 12.1. The number of benzene rings is 1. The van der Waals surface area contributed by atoms with E-state index in [1.54, 1.807) is 17.0 Å². The molecule has 0 fully saturated rings. The van der Waals surface area contributed by atoms with E-state index in [-0.39, 0.29) is 17.9 Å². The fourth-order valence-electron chi connectivity index (χ4n) is 2.03. The first-order valence-corrected chi connectivity index (χ1v) is 6.59. The van der Waals surface area contributed by atoms with Gasteiger partial charge in [0.1, 0.15) is 0 Å². The molecule has 20 heavy (non-hydrogen) atoms.